The van der Waals surface area contributed by atoms with Gasteiger partial charge in [-0.3, -0.25) is 4.79 Å². The van der Waals surface area contributed by atoms with Crippen molar-refractivity contribution < 1.29 is 9.53 Å². The summed E-state index contributed by atoms with van der Waals surface area (Å²) < 4.78 is 5.40. The van der Waals surface area contributed by atoms with Gasteiger partial charge in [-0.25, -0.2) is 0 Å². The molecule has 0 radical (unpaired) electrons. The van der Waals surface area contributed by atoms with Gasteiger partial charge in [0.1, 0.15) is 6.10 Å². The number of amides is 1. The largest absolute Gasteiger partial charge is 0.368 e. The molecule has 1 unspecified atom stereocenters. The Morgan fingerprint density at radius 1 is 1.53 bits per heavy atom. The number of likely N-dealkylation sites (N-methyl/N-ethyl adjacent to an activating group) is 1. The molecule has 2 N–H and O–H groups in total. The quantitative estimate of drug-likeness (QED) is 0.707. The molecular formula is C11H22N2O2. The van der Waals surface area contributed by atoms with Crippen LogP contribution in [0.25, 0.3) is 0 Å². The van der Waals surface area contributed by atoms with Crippen molar-refractivity contribution in [1.82, 2.24) is 10.6 Å². The average molecular weight is 214 g/mol. The van der Waals surface area contributed by atoms with Gasteiger partial charge in [-0.05, 0) is 32.7 Å². The number of carbonyl (C=O) groups is 1. The zero-order chi connectivity index (χ0) is 11.1. The standard InChI is InChI=1S/C11H22N2O2/c1-3-12-9(2)8-13-11(14)10-6-4-5-7-15-10/h9-10,12H,3-8H2,1-2H3,(H,13,14)/t9-,10?/m1/s1. The molecule has 2 atom stereocenters. The van der Waals surface area contributed by atoms with Gasteiger partial charge in [-0.15, -0.1) is 0 Å². The highest BCUT2D eigenvalue weighted by Crippen LogP contribution is 2.12. The molecule has 1 aliphatic heterocycles. The first-order valence-electron chi connectivity index (χ1n) is 5.86. The summed E-state index contributed by atoms with van der Waals surface area (Å²) in [6.07, 6.45) is 2.83. The van der Waals surface area contributed by atoms with Crippen molar-refractivity contribution in [3.8, 4) is 0 Å². The molecule has 1 heterocycles. The van der Waals surface area contributed by atoms with E-state index in [0.717, 1.165) is 32.4 Å². The summed E-state index contributed by atoms with van der Waals surface area (Å²) in [5, 5.41) is 6.16. The van der Waals surface area contributed by atoms with Crippen LogP contribution in [0.15, 0.2) is 0 Å². The minimum absolute atomic E-state index is 0.0412. The molecule has 88 valence electrons. The van der Waals surface area contributed by atoms with Crippen molar-refractivity contribution >= 4 is 5.91 Å². The Morgan fingerprint density at radius 2 is 2.33 bits per heavy atom. The molecule has 1 fully saturated rings. The van der Waals surface area contributed by atoms with Gasteiger partial charge in [-0.2, -0.15) is 0 Å². The van der Waals surface area contributed by atoms with Gasteiger partial charge in [0.15, 0.2) is 0 Å². The van der Waals surface area contributed by atoms with E-state index >= 15 is 0 Å². The summed E-state index contributed by atoms with van der Waals surface area (Å²) in [5.41, 5.74) is 0. The third-order valence-electron chi connectivity index (χ3n) is 2.61. The van der Waals surface area contributed by atoms with Gasteiger partial charge >= 0.3 is 0 Å². The summed E-state index contributed by atoms with van der Waals surface area (Å²) in [6.45, 7) is 6.44. The van der Waals surface area contributed by atoms with E-state index in [2.05, 4.69) is 24.5 Å². The Labute approximate surface area is 91.8 Å². The monoisotopic (exact) mass is 214 g/mol. The van der Waals surface area contributed by atoms with Crippen LogP contribution >= 0.6 is 0 Å². The molecule has 4 heteroatoms. The highest BCUT2D eigenvalue weighted by Gasteiger charge is 2.21. The molecule has 4 nitrogen and oxygen atoms in total. The van der Waals surface area contributed by atoms with Crippen LogP contribution in [-0.4, -0.2) is 37.7 Å². The smallest absolute Gasteiger partial charge is 0.249 e. The highest BCUT2D eigenvalue weighted by atomic mass is 16.5. The summed E-state index contributed by atoms with van der Waals surface area (Å²) in [5.74, 6) is 0.0412. The van der Waals surface area contributed by atoms with Crippen molar-refractivity contribution in [1.29, 1.82) is 0 Å². The van der Waals surface area contributed by atoms with Gasteiger partial charge < -0.3 is 15.4 Å². The molecule has 0 aliphatic carbocycles. The molecule has 1 amide bonds. The molecular weight excluding hydrogens is 192 g/mol. The van der Waals surface area contributed by atoms with Crippen LogP contribution in [0.2, 0.25) is 0 Å². The second-order valence-electron chi connectivity index (χ2n) is 4.06. The maximum atomic E-state index is 11.6. The van der Waals surface area contributed by atoms with Crippen molar-refractivity contribution in [3.63, 3.8) is 0 Å². The average Bonchev–Trinajstić information content (AvgIpc) is 2.27. The number of nitrogens with one attached hydrogen (secondary N) is 2. The Hall–Kier alpha value is -0.610. The zero-order valence-electron chi connectivity index (χ0n) is 9.71. The van der Waals surface area contributed by atoms with Crippen molar-refractivity contribution in [3.05, 3.63) is 0 Å². The predicted molar refractivity (Wildman–Crippen MR) is 59.7 cm³/mol. The molecule has 0 aromatic carbocycles. The number of hydrogen-bond acceptors (Lipinski definition) is 3. The van der Waals surface area contributed by atoms with Gasteiger partial charge in [0.25, 0.3) is 0 Å². The fourth-order valence-electron chi connectivity index (χ4n) is 1.74. The molecule has 1 saturated heterocycles. The lowest BCUT2D eigenvalue weighted by atomic mass is 10.1. The van der Waals surface area contributed by atoms with E-state index in [0.29, 0.717) is 12.6 Å². The van der Waals surface area contributed by atoms with Gasteiger partial charge in [0.2, 0.25) is 5.91 Å². The van der Waals surface area contributed by atoms with Crippen LogP contribution < -0.4 is 10.6 Å². The minimum Gasteiger partial charge on any atom is -0.368 e. The molecule has 0 aromatic rings. The van der Waals surface area contributed by atoms with E-state index in [1.807, 2.05) is 0 Å². The molecule has 0 aromatic heterocycles. The summed E-state index contributed by atoms with van der Waals surface area (Å²) >= 11 is 0. The molecule has 0 saturated carbocycles. The summed E-state index contributed by atoms with van der Waals surface area (Å²) in [7, 11) is 0. The maximum absolute atomic E-state index is 11.6. The van der Waals surface area contributed by atoms with E-state index in [-0.39, 0.29) is 12.0 Å². The predicted octanol–water partition coefficient (Wildman–Crippen LogP) is 0.670. The number of hydrogen-bond donors (Lipinski definition) is 2. The van der Waals surface area contributed by atoms with Crippen molar-refractivity contribution in [2.45, 2.75) is 45.3 Å². The normalized spacial score (nSPS) is 23.5. The number of rotatable bonds is 5. The van der Waals surface area contributed by atoms with Gasteiger partial charge in [-0.1, -0.05) is 6.92 Å². The van der Waals surface area contributed by atoms with Crippen LogP contribution in [0.5, 0.6) is 0 Å². The summed E-state index contributed by atoms with van der Waals surface area (Å²) in [6, 6.07) is 0.322. The SMILES string of the molecule is CCN[C@H](C)CNC(=O)C1CCCCO1. The molecule has 0 bridgehead atoms. The third kappa shape index (κ3) is 4.62. The zero-order valence-corrected chi connectivity index (χ0v) is 9.71. The second kappa shape index (κ2) is 6.80. The van der Waals surface area contributed by atoms with Crippen molar-refractivity contribution in [2.24, 2.45) is 0 Å². The van der Waals surface area contributed by atoms with Gasteiger partial charge in [0, 0.05) is 19.2 Å². The lowest BCUT2D eigenvalue weighted by Crippen LogP contribution is -2.44. The number of carbonyl (C=O) groups excluding carboxylic acids is 1. The first-order chi connectivity index (χ1) is 7.24. The molecule has 1 rings (SSSR count). The van der Waals surface area contributed by atoms with Crippen LogP contribution in [0.4, 0.5) is 0 Å². The first kappa shape index (κ1) is 12.5. The third-order valence-corrected chi connectivity index (χ3v) is 2.61. The molecule has 0 spiro atoms. The first-order valence-corrected chi connectivity index (χ1v) is 5.86. The Balaban J connectivity index is 2.16. The van der Waals surface area contributed by atoms with Crippen molar-refractivity contribution in [2.75, 3.05) is 19.7 Å². The molecule has 15 heavy (non-hydrogen) atoms. The highest BCUT2D eigenvalue weighted by molar-refractivity contribution is 5.80. The van der Waals surface area contributed by atoms with Crippen LogP contribution in [0.3, 0.4) is 0 Å². The van der Waals surface area contributed by atoms with Gasteiger partial charge in [0.05, 0.1) is 0 Å². The minimum atomic E-state index is -0.215. The Kier molecular flexibility index (Phi) is 5.65. The number of ether oxygens (including phenoxy) is 1. The van der Waals surface area contributed by atoms with E-state index in [9.17, 15) is 4.79 Å². The van der Waals surface area contributed by atoms with E-state index in [1.165, 1.54) is 0 Å². The Morgan fingerprint density at radius 3 is 2.93 bits per heavy atom. The van der Waals surface area contributed by atoms with Crippen LogP contribution in [0, 0.1) is 0 Å². The molecule has 1 aliphatic rings. The second-order valence-corrected chi connectivity index (χ2v) is 4.06. The lowest BCUT2D eigenvalue weighted by Gasteiger charge is -2.22. The van der Waals surface area contributed by atoms with Crippen LogP contribution in [0.1, 0.15) is 33.1 Å². The van der Waals surface area contributed by atoms with Crippen LogP contribution in [-0.2, 0) is 9.53 Å². The van der Waals surface area contributed by atoms with E-state index < -0.39 is 0 Å². The van der Waals surface area contributed by atoms with E-state index in [1.54, 1.807) is 0 Å². The topological polar surface area (TPSA) is 50.4 Å². The fourth-order valence-corrected chi connectivity index (χ4v) is 1.74. The maximum Gasteiger partial charge on any atom is 0.249 e. The Bertz CT molecular complexity index is 191. The van der Waals surface area contributed by atoms with E-state index in [4.69, 9.17) is 4.74 Å². The lowest BCUT2D eigenvalue weighted by molar-refractivity contribution is -0.135. The summed E-state index contributed by atoms with van der Waals surface area (Å²) in [4.78, 5) is 11.6. The fraction of sp³-hybridized carbons (Fsp3) is 0.909.